The van der Waals surface area contributed by atoms with Crippen molar-refractivity contribution in [2.24, 2.45) is 11.1 Å². The van der Waals surface area contributed by atoms with Crippen LogP contribution in [0, 0.1) is 5.92 Å². The quantitative estimate of drug-likeness (QED) is 0.210. The van der Waals surface area contributed by atoms with E-state index in [1.165, 1.54) is 11.0 Å². The zero-order chi connectivity index (χ0) is 32.6. The third-order valence-electron chi connectivity index (χ3n) is 7.89. The van der Waals surface area contributed by atoms with Crippen molar-refractivity contribution < 1.29 is 37.1 Å². The van der Waals surface area contributed by atoms with Gasteiger partial charge in [-0.25, -0.2) is 13.2 Å². The molecule has 2 aliphatic carbocycles. The lowest BCUT2D eigenvalue weighted by Gasteiger charge is -2.29. The zero-order valence-electron chi connectivity index (χ0n) is 25.6. The van der Waals surface area contributed by atoms with Gasteiger partial charge in [0.25, 0.3) is 5.91 Å². The summed E-state index contributed by atoms with van der Waals surface area (Å²) in [6.07, 6.45) is 2.88. The van der Waals surface area contributed by atoms with Crippen molar-refractivity contribution in [3.05, 3.63) is 53.9 Å². The predicted molar refractivity (Wildman–Crippen MR) is 169 cm³/mol. The number of likely N-dealkylation sites (tertiary alicyclic amines) is 1. The van der Waals surface area contributed by atoms with Gasteiger partial charge >= 0.3 is 6.09 Å². The van der Waals surface area contributed by atoms with E-state index in [0.29, 0.717) is 18.6 Å². The number of methoxy groups -OCH3 is 1. The van der Waals surface area contributed by atoms with Crippen LogP contribution in [-0.4, -0.2) is 79.6 Å². The number of nitrogens with one attached hydrogen (secondary N) is 2. The number of oxime groups is 1. The Morgan fingerprint density at radius 2 is 1.96 bits per heavy atom. The minimum Gasteiger partial charge on any atom is -0.497 e. The third kappa shape index (κ3) is 7.33. The van der Waals surface area contributed by atoms with Crippen LogP contribution in [0.25, 0.3) is 10.4 Å². The molecule has 2 N–H and O–H groups in total. The van der Waals surface area contributed by atoms with Crippen LogP contribution >= 0.6 is 11.3 Å². The Balaban J connectivity index is 1.33. The Morgan fingerprint density at radius 3 is 2.56 bits per heavy atom. The van der Waals surface area contributed by atoms with Crippen molar-refractivity contribution in [1.82, 2.24) is 14.9 Å². The summed E-state index contributed by atoms with van der Waals surface area (Å²) in [5.41, 5.74) is -0.623. The Bertz CT molecular complexity index is 1600. The number of sulfonamides is 1. The van der Waals surface area contributed by atoms with Crippen LogP contribution in [0.1, 0.15) is 52.0 Å². The molecule has 1 aromatic carbocycles. The van der Waals surface area contributed by atoms with Gasteiger partial charge in [0.15, 0.2) is 0 Å². The number of benzene rings is 1. The highest BCUT2D eigenvalue weighted by molar-refractivity contribution is 7.91. The van der Waals surface area contributed by atoms with E-state index in [-0.39, 0.29) is 19.4 Å². The van der Waals surface area contributed by atoms with Crippen LogP contribution in [0.3, 0.4) is 0 Å². The fourth-order valence-corrected chi connectivity index (χ4v) is 7.41. The van der Waals surface area contributed by atoms with Gasteiger partial charge in [-0.05, 0) is 69.7 Å². The highest BCUT2D eigenvalue weighted by Crippen LogP contribution is 2.45. The van der Waals surface area contributed by atoms with E-state index in [0.717, 1.165) is 16.0 Å². The Hall–Kier alpha value is -3.91. The lowest BCUT2D eigenvalue weighted by atomic mass is 10.1. The summed E-state index contributed by atoms with van der Waals surface area (Å²) in [5, 5.41) is 8.31. The number of carbonyl (C=O) groups excluding carboxylic acids is 3. The minimum atomic E-state index is -3.84. The maximum Gasteiger partial charge on any atom is 0.411 e. The lowest BCUT2D eigenvalue weighted by Crippen LogP contribution is -2.56. The number of hydrogen-bond acceptors (Lipinski definition) is 10. The second-order valence-electron chi connectivity index (χ2n) is 12.5. The molecule has 2 saturated carbocycles. The molecule has 14 heteroatoms. The molecule has 2 heterocycles. The molecule has 242 valence electrons. The number of amides is 3. The Morgan fingerprint density at radius 1 is 1.20 bits per heavy atom. The van der Waals surface area contributed by atoms with Gasteiger partial charge in [0.2, 0.25) is 15.9 Å². The van der Waals surface area contributed by atoms with Crippen LogP contribution < -0.4 is 14.8 Å². The molecule has 45 heavy (non-hydrogen) atoms. The summed E-state index contributed by atoms with van der Waals surface area (Å²) in [6.45, 7) is 8.87. The SMILES string of the molecule is C=C[C@@H]1C[C@@]1(NC(=O)C1CC(O/N=C/c2cc(OC)ccc2-c2cccs2)CN1C(=O)OC(C)(C)C)C(=O)NS(=O)(=O)C1CC1. The highest BCUT2D eigenvalue weighted by atomic mass is 32.2. The second-order valence-corrected chi connectivity index (χ2v) is 15.4. The van der Waals surface area contributed by atoms with Gasteiger partial charge in [0.1, 0.15) is 29.0 Å². The topological polar surface area (TPSA) is 153 Å². The highest BCUT2D eigenvalue weighted by Gasteiger charge is 2.62. The normalized spacial score (nSPS) is 24.6. The molecule has 1 aliphatic heterocycles. The predicted octanol–water partition coefficient (Wildman–Crippen LogP) is 3.82. The van der Waals surface area contributed by atoms with Gasteiger partial charge in [0, 0.05) is 28.3 Å². The van der Waals surface area contributed by atoms with Gasteiger partial charge in [-0.15, -0.1) is 17.9 Å². The molecular formula is C31H38N4O8S2. The van der Waals surface area contributed by atoms with Gasteiger partial charge in [-0.3, -0.25) is 19.2 Å². The summed E-state index contributed by atoms with van der Waals surface area (Å²) >= 11 is 1.58. The van der Waals surface area contributed by atoms with Gasteiger partial charge in [-0.2, -0.15) is 0 Å². The first-order chi connectivity index (χ1) is 21.3. The molecule has 1 saturated heterocycles. The molecule has 2 aromatic rings. The Kier molecular flexibility index (Phi) is 9.00. The van der Waals surface area contributed by atoms with Crippen molar-refractivity contribution in [2.75, 3.05) is 13.7 Å². The van der Waals surface area contributed by atoms with Crippen molar-refractivity contribution in [3.8, 4) is 16.2 Å². The fourth-order valence-electron chi connectivity index (χ4n) is 5.27. The van der Waals surface area contributed by atoms with E-state index in [1.807, 2.05) is 35.7 Å². The van der Waals surface area contributed by atoms with Crippen LogP contribution in [0.4, 0.5) is 4.79 Å². The van der Waals surface area contributed by atoms with Crippen molar-refractivity contribution >= 4 is 45.5 Å². The van der Waals surface area contributed by atoms with Gasteiger partial charge < -0.3 is 19.6 Å². The molecule has 5 rings (SSSR count). The zero-order valence-corrected chi connectivity index (χ0v) is 27.3. The minimum absolute atomic E-state index is 0.000372. The van der Waals surface area contributed by atoms with Crippen LogP contribution in [0.5, 0.6) is 5.75 Å². The summed E-state index contributed by atoms with van der Waals surface area (Å²) in [4.78, 5) is 48.2. The second kappa shape index (κ2) is 12.5. The number of ether oxygens (including phenoxy) is 2. The number of rotatable bonds is 11. The van der Waals surface area contributed by atoms with Crippen molar-refractivity contribution in [1.29, 1.82) is 0 Å². The molecule has 2 unspecified atom stereocenters. The molecule has 3 fully saturated rings. The van der Waals surface area contributed by atoms with E-state index in [9.17, 15) is 22.8 Å². The molecule has 0 bridgehead atoms. The van der Waals surface area contributed by atoms with E-state index in [4.69, 9.17) is 14.3 Å². The average Bonchev–Trinajstić information content (AvgIpc) is 3.85. The van der Waals surface area contributed by atoms with E-state index >= 15 is 0 Å². The maximum atomic E-state index is 13.7. The first-order valence-electron chi connectivity index (χ1n) is 14.7. The summed E-state index contributed by atoms with van der Waals surface area (Å²) in [5.74, 6) is -1.27. The molecule has 3 amide bonds. The molecule has 0 radical (unpaired) electrons. The number of hydrogen-bond donors (Lipinski definition) is 2. The molecule has 1 aromatic heterocycles. The molecule has 4 atom stereocenters. The van der Waals surface area contributed by atoms with Gasteiger partial charge in [0.05, 0.1) is 25.1 Å². The van der Waals surface area contributed by atoms with E-state index < -0.39 is 62.4 Å². The standard InChI is InChI=1S/C31H38N4O8S2/c1-6-20-16-31(20,28(37)34-45(39,40)23-10-11-23)33-27(36)25-15-22(18-35(25)29(38)42-30(2,3)4)43-32-17-19-14-21(41-5)9-12-24(19)26-8-7-13-44-26/h6-9,12-14,17,20,22-23,25H,1,10-11,15-16,18H2,2-5H3,(H,33,36)(H,34,37)/b32-17+/t20-,22?,25?,31+/m1/s1. The van der Waals surface area contributed by atoms with Crippen LogP contribution in [-0.2, 0) is 29.2 Å². The first kappa shape index (κ1) is 32.5. The van der Waals surface area contributed by atoms with Gasteiger partial charge in [-0.1, -0.05) is 17.3 Å². The smallest absolute Gasteiger partial charge is 0.411 e. The largest absolute Gasteiger partial charge is 0.497 e. The number of carbonyl (C=O) groups is 3. The van der Waals surface area contributed by atoms with Crippen molar-refractivity contribution in [3.63, 3.8) is 0 Å². The summed E-state index contributed by atoms with van der Waals surface area (Å²) in [6, 6.07) is 8.51. The fraction of sp³-hybridized carbons (Fsp3) is 0.484. The number of nitrogens with zero attached hydrogens (tertiary/aromatic N) is 2. The lowest BCUT2D eigenvalue weighted by molar-refractivity contribution is -0.131. The average molecular weight is 659 g/mol. The first-order valence-corrected chi connectivity index (χ1v) is 17.1. The number of thiophene rings is 1. The van der Waals surface area contributed by atoms with Crippen LogP contribution in [0.15, 0.2) is 53.5 Å². The summed E-state index contributed by atoms with van der Waals surface area (Å²) < 4.78 is 38.0. The monoisotopic (exact) mass is 658 g/mol. The molecule has 12 nitrogen and oxygen atoms in total. The molecule has 0 spiro atoms. The van der Waals surface area contributed by atoms with E-state index in [2.05, 4.69) is 21.8 Å². The maximum absolute atomic E-state index is 13.7. The third-order valence-corrected chi connectivity index (χ3v) is 10.6. The van der Waals surface area contributed by atoms with Crippen molar-refractivity contribution in [2.45, 2.75) is 75.0 Å². The molecule has 3 aliphatic rings. The molecular weight excluding hydrogens is 620 g/mol. The summed E-state index contributed by atoms with van der Waals surface area (Å²) in [7, 11) is -2.26. The Labute approximate surface area is 266 Å². The van der Waals surface area contributed by atoms with E-state index in [1.54, 1.807) is 45.4 Å². The van der Waals surface area contributed by atoms with Crippen LogP contribution in [0.2, 0.25) is 0 Å².